The van der Waals surface area contributed by atoms with E-state index >= 15 is 0 Å². The lowest BCUT2D eigenvalue weighted by molar-refractivity contribution is 0.808. The summed E-state index contributed by atoms with van der Waals surface area (Å²) in [4.78, 5) is 7.14. The minimum atomic E-state index is 0.520. The van der Waals surface area contributed by atoms with E-state index in [4.69, 9.17) is 4.98 Å². The van der Waals surface area contributed by atoms with Crippen molar-refractivity contribution in [2.75, 3.05) is 32.1 Å². The Kier molecular flexibility index (Phi) is 15.6. The molecular formula is C19H39N3. The van der Waals surface area contributed by atoms with Gasteiger partial charge in [-0.05, 0) is 57.5 Å². The number of anilines is 1. The van der Waals surface area contributed by atoms with Crippen molar-refractivity contribution in [3.05, 3.63) is 23.4 Å². The Morgan fingerprint density at radius 2 is 1.45 bits per heavy atom. The van der Waals surface area contributed by atoms with Gasteiger partial charge in [0.05, 0.1) is 0 Å². The topological polar surface area (TPSA) is 28.2 Å². The van der Waals surface area contributed by atoms with Crippen LogP contribution in [0, 0.1) is 6.92 Å². The highest BCUT2D eigenvalue weighted by atomic mass is 15.2. The first-order valence-electron chi connectivity index (χ1n) is 8.90. The van der Waals surface area contributed by atoms with Crippen LogP contribution < -0.4 is 10.2 Å². The zero-order valence-electron chi connectivity index (χ0n) is 16.5. The number of rotatable bonds is 2. The summed E-state index contributed by atoms with van der Waals surface area (Å²) in [5, 5.41) is 2.75. The molecular weight excluding hydrogens is 270 g/mol. The van der Waals surface area contributed by atoms with Crippen molar-refractivity contribution in [1.82, 2.24) is 10.3 Å². The Bertz CT molecular complexity index is 356. The molecule has 2 rings (SSSR count). The summed E-state index contributed by atoms with van der Waals surface area (Å²) in [5.74, 6) is 1.70. The molecule has 0 atom stereocenters. The van der Waals surface area contributed by atoms with Gasteiger partial charge in [-0.3, -0.25) is 0 Å². The smallest absolute Gasteiger partial charge is 0.129 e. The van der Waals surface area contributed by atoms with E-state index in [0.717, 1.165) is 0 Å². The molecule has 0 saturated carbocycles. The fraction of sp³-hybridized carbons (Fsp3) is 0.737. The molecule has 2 heterocycles. The van der Waals surface area contributed by atoms with Gasteiger partial charge in [0.15, 0.2) is 0 Å². The monoisotopic (exact) mass is 309 g/mol. The summed E-state index contributed by atoms with van der Waals surface area (Å²) in [6, 6.07) is 4.40. The largest absolute Gasteiger partial charge is 0.357 e. The average Bonchev–Trinajstić information content (AvgIpc) is 3.06. The third-order valence-corrected chi connectivity index (χ3v) is 3.00. The Hall–Kier alpha value is -1.09. The van der Waals surface area contributed by atoms with Crippen molar-refractivity contribution in [1.29, 1.82) is 0 Å². The van der Waals surface area contributed by atoms with Crippen LogP contribution in [-0.2, 0) is 0 Å². The first-order chi connectivity index (χ1) is 10.6. The van der Waals surface area contributed by atoms with Crippen LogP contribution in [-0.4, -0.2) is 32.2 Å². The van der Waals surface area contributed by atoms with Gasteiger partial charge in [-0.2, -0.15) is 0 Å². The first-order valence-corrected chi connectivity index (χ1v) is 8.90. The van der Waals surface area contributed by atoms with E-state index < -0.39 is 0 Å². The molecule has 0 radical (unpaired) electrons. The minimum absolute atomic E-state index is 0.520. The molecule has 0 aliphatic carbocycles. The summed E-state index contributed by atoms with van der Waals surface area (Å²) in [5.41, 5.74) is 2.55. The predicted molar refractivity (Wildman–Crippen MR) is 102 cm³/mol. The number of nitrogens with zero attached hydrogens (tertiary/aromatic N) is 2. The number of hydrogen-bond donors (Lipinski definition) is 1. The van der Waals surface area contributed by atoms with Gasteiger partial charge in [-0.1, -0.05) is 41.5 Å². The third kappa shape index (κ3) is 9.04. The molecule has 3 nitrogen and oxygen atoms in total. The number of hydrogen-bond acceptors (Lipinski definition) is 3. The van der Waals surface area contributed by atoms with E-state index in [0.29, 0.717) is 5.92 Å². The van der Waals surface area contributed by atoms with Crippen LogP contribution in [0.25, 0.3) is 0 Å². The molecule has 130 valence electrons. The van der Waals surface area contributed by atoms with Crippen LogP contribution in [0.4, 0.5) is 5.82 Å². The lowest BCUT2D eigenvalue weighted by atomic mass is 10.1. The first kappa shape index (κ1) is 23.2. The molecule has 1 N–H and O–H groups in total. The summed E-state index contributed by atoms with van der Waals surface area (Å²) < 4.78 is 0. The molecule has 1 aromatic rings. The van der Waals surface area contributed by atoms with E-state index in [1.54, 1.807) is 0 Å². The summed E-state index contributed by atoms with van der Waals surface area (Å²) in [7, 11) is 3.75. The molecule has 22 heavy (non-hydrogen) atoms. The third-order valence-electron chi connectivity index (χ3n) is 3.00. The zero-order chi connectivity index (χ0) is 17.5. The Labute approximate surface area is 139 Å². The number of aromatic nitrogens is 1. The van der Waals surface area contributed by atoms with Gasteiger partial charge >= 0.3 is 0 Å². The van der Waals surface area contributed by atoms with Crippen LogP contribution in [0.15, 0.2) is 12.1 Å². The zero-order valence-corrected chi connectivity index (χ0v) is 16.5. The van der Waals surface area contributed by atoms with Gasteiger partial charge in [0.2, 0.25) is 0 Å². The predicted octanol–water partition coefficient (Wildman–Crippen LogP) is 5.00. The van der Waals surface area contributed by atoms with E-state index in [9.17, 15) is 0 Å². The quantitative estimate of drug-likeness (QED) is 0.833. The molecule has 0 spiro atoms. The maximum Gasteiger partial charge on any atom is 0.129 e. The molecule has 1 aromatic heterocycles. The van der Waals surface area contributed by atoms with Crippen molar-refractivity contribution < 1.29 is 0 Å². The second-order valence-electron chi connectivity index (χ2n) is 5.28. The highest BCUT2D eigenvalue weighted by Gasteiger charge is 2.14. The molecule has 1 aliphatic rings. The normalized spacial score (nSPS) is 12.5. The minimum Gasteiger partial charge on any atom is -0.357 e. The Morgan fingerprint density at radius 1 is 1.00 bits per heavy atom. The summed E-state index contributed by atoms with van der Waals surface area (Å²) in [6.07, 6.45) is 2.62. The summed E-state index contributed by atoms with van der Waals surface area (Å²) >= 11 is 0. The lowest BCUT2D eigenvalue weighted by Crippen LogP contribution is -2.19. The molecule has 1 aliphatic heterocycles. The standard InChI is InChI=1S/C13H20N2.C2H7N.2C2H6/c1-10(2)12-8-11(3)9-13(14-12)15-6-4-5-7-15;1-3-2;2*1-2/h8-10H,4-7H2,1-3H3;3H,1-2H3;2*1-2H3. The van der Waals surface area contributed by atoms with Crippen molar-refractivity contribution in [2.45, 2.75) is 67.2 Å². The van der Waals surface area contributed by atoms with Gasteiger partial charge in [0, 0.05) is 18.8 Å². The maximum atomic E-state index is 4.74. The second-order valence-corrected chi connectivity index (χ2v) is 5.28. The highest BCUT2D eigenvalue weighted by molar-refractivity contribution is 5.43. The second kappa shape index (κ2) is 14.8. The highest BCUT2D eigenvalue weighted by Crippen LogP contribution is 2.22. The van der Waals surface area contributed by atoms with Crippen LogP contribution in [0.2, 0.25) is 0 Å². The molecule has 0 amide bonds. The molecule has 0 bridgehead atoms. The van der Waals surface area contributed by atoms with Crippen LogP contribution >= 0.6 is 0 Å². The van der Waals surface area contributed by atoms with Crippen LogP contribution in [0.3, 0.4) is 0 Å². The SMILES string of the molecule is CC.CC.CNC.Cc1cc(C(C)C)nc(N2CCCC2)c1. The maximum absolute atomic E-state index is 4.74. The van der Waals surface area contributed by atoms with Gasteiger partial charge in [0.25, 0.3) is 0 Å². The summed E-state index contributed by atoms with van der Waals surface area (Å²) in [6.45, 7) is 16.9. The van der Waals surface area contributed by atoms with E-state index in [-0.39, 0.29) is 0 Å². The Morgan fingerprint density at radius 3 is 1.86 bits per heavy atom. The molecule has 1 fully saturated rings. The van der Waals surface area contributed by atoms with Crippen LogP contribution in [0.1, 0.15) is 71.6 Å². The van der Waals surface area contributed by atoms with Gasteiger partial charge in [-0.15, -0.1) is 0 Å². The van der Waals surface area contributed by atoms with Crippen molar-refractivity contribution in [3.63, 3.8) is 0 Å². The molecule has 1 saturated heterocycles. The van der Waals surface area contributed by atoms with Gasteiger partial charge in [0.1, 0.15) is 5.82 Å². The van der Waals surface area contributed by atoms with Crippen molar-refractivity contribution >= 4 is 5.82 Å². The van der Waals surface area contributed by atoms with E-state index in [2.05, 4.69) is 43.1 Å². The van der Waals surface area contributed by atoms with E-state index in [1.165, 1.54) is 43.0 Å². The van der Waals surface area contributed by atoms with Crippen LogP contribution in [0.5, 0.6) is 0 Å². The number of aryl methyl sites for hydroxylation is 1. The Balaban J connectivity index is 0. The van der Waals surface area contributed by atoms with Gasteiger partial charge in [-0.25, -0.2) is 4.98 Å². The van der Waals surface area contributed by atoms with Crippen molar-refractivity contribution in [3.8, 4) is 0 Å². The molecule has 0 aromatic carbocycles. The molecule has 0 unspecified atom stereocenters. The van der Waals surface area contributed by atoms with E-state index in [1.807, 2.05) is 41.8 Å². The van der Waals surface area contributed by atoms with Crippen molar-refractivity contribution in [2.24, 2.45) is 0 Å². The van der Waals surface area contributed by atoms with Gasteiger partial charge < -0.3 is 10.2 Å². The average molecular weight is 310 g/mol. The number of pyridine rings is 1. The number of nitrogens with one attached hydrogen (secondary N) is 1. The fourth-order valence-corrected chi connectivity index (χ4v) is 2.08. The lowest BCUT2D eigenvalue weighted by Gasteiger charge is -2.18. The molecule has 3 heteroatoms. The fourth-order valence-electron chi connectivity index (χ4n) is 2.08.